The molecule has 0 saturated heterocycles. The second-order valence-corrected chi connectivity index (χ2v) is 13.3. The van der Waals surface area contributed by atoms with Gasteiger partial charge in [0.2, 0.25) is 0 Å². The molecule has 0 aliphatic heterocycles. The Morgan fingerprint density at radius 1 is 1.35 bits per heavy atom. The molecular weight excluding hydrogens is 324 g/mol. The Bertz CT molecular complexity index is 276. The van der Waals surface area contributed by atoms with Gasteiger partial charge in [-0.05, 0) is 0 Å². The standard InChI is InChI=1S/C15H29OTe/c1-5-6-9-17(4)11-15-8-7-12(10-13(15)16)14(15,2)3/h12-13,16H,5-11H2,1-4H3/q+1/t12-,13-,15-/m1/s1. The van der Waals surface area contributed by atoms with E-state index in [0.29, 0.717) is 10.8 Å². The number of aliphatic hydroxyl groups excluding tert-OH is 1. The summed E-state index contributed by atoms with van der Waals surface area (Å²) in [6, 6.07) is 0. The molecule has 2 heteroatoms. The zero-order valence-corrected chi connectivity index (χ0v) is 14.3. The van der Waals surface area contributed by atoms with E-state index in [1.807, 2.05) is 0 Å². The van der Waals surface area contributed by atoms with Crippen molar-refractivity contribution in [1.82, 2.24) is 0 Å². The molecule has 1 nitrogen and oxygen atoms in total. The molecule has 2 fully saturated rings. The van der Waals surface area contributed by atoms with Crippen molar-refractivity contribution < 1.29 is 5.11 Å². The topological polar surface area (TPSA) is 20.2 Å². The van der Waals surface area contributed by atoms with Crippen molar-refractivity contribution in [2.75, 3.05) is 0 Å². The predicted molar refractivity (Wildman–Crippen MR) is 75.7 cm³/mol. The van der Waals surface area contributed by atoms with Gasteiger partial charge < -0.3 is 0 Å². The average molecular weight is 353 g/mol. The maximum atomic E-state index is 10.5. The molecule has 0 radical (unpaired) electrons. The Morgan fingerprint density at radius 3 is 2.53 bits per heavy atom. The van der Waals surface area contributed by atoms with Crippen molar-refractivity contribution in [3.05, 3.63) is 0 Å². The van der Waals surface area contributed by atoms with Crippen molar-refractivity contribution in [1.29, 1.82) is 0 Å². The second kappa shape index (κ2) is 5.03. The summed E-state index contributed by atoms with van der Waals surface area (Å²) in [5, 5.41) is 10.5. The summed E-state index contributed by atoms with van der Waals surface area (Å²) in [7, 11) is 0. The predicted octanol–water partition coefficient (Wildman–Crippen LogP) is 4.10. The van der Waals surface area contributed by atoms with Crippen LogP contribution in [-0.2, 0) is 0 Å². The van der Waals surface area contributed by atoms with E-state index >= 15 is 0 Å². The number of unbranched alkanes of at least 4 members (excludes halogenated alkanes) is 1. The first-order valence-electron chi connectivity index (χ1n) is 7.21. The van der Waals surface area contributed by atoms with E-state index in [1.165, 1.54) is 34.6 Å². The van der Waals surface area contributed by atoms with Gasteiger partial charge in [-0.2, -0.15) is 0 Å². The Labute approximate surface area is 114 Å². The van der Waals surface area contributed by atoms with Crippen LogP contribution < -0.4 is 0 Å². The van der Waals surface area contributed by atoms with E-state index < -0.39 is 19.6 Å². The summed E-state index contributed by atoms with van der Waals surface area (Å²) in [6.45, 7) is 7.17. The van der Waals surface area contributed by atoms with Crippen LogP contribution in [0.1, 0.15) is 52.9 Å². The third-order valence-electron chi connectivity index (χ3n) is 5.74. The monoisotopic (exact) mass is 355 g/mol. The van der Waals surface area contributed by atoms with Crippen molar-refractivity contribution in [3.63, 3.8) is 0 Å². The summed E-state index contributed by atoms with van der Waals surface area (Å²) in [5.41, 5.74) is 0.727. The first-order chi connectivity index (χ1) is 7.94. The fourth-order valence-corrected chi connectivity index (χ4v) is 11.5. The van der Waals surface area contributed by atoms with Crippen molar-refractivity contribution >= 4 is 19.6 Å². The zero-order valence-electron chi connectivity index (χ0n) is 12.0. The van der Waals surface area contributed by atoms with Crippen LogP contribution in [0.3, 0.4) is 0 Å². The van der Waals surface area contributed by atoms with Crippen LogP contribution in [0.25, 0.3) is 0 Å². The molecule has 100 valence electrons. The molecule has 1 N–H and O–H groups in total. The Balaban J connectivity index is 2.06. The van der Waals surface area contributed by atoms with E-state index in [4.69, 9.17) is 0 Å². The zero-order chi connectivity index (χ0) is 12.7. The van der Waals surface area contributed by atoms with Crippen LogP contribution in [0.15, 0.2) is 0 Å². The van der Waals surface area contributed by atoms with Gasteiger partial charge in [0.15, 0.2) is 0 Å². The molecule has 0 heterocycles. The van der Waals surface area contributed by atoms with Gasteiger partial charge in [-0.3, -0.25) is 0 Å². The molecular formula is C15H29OTe+. The van der Waals surface area contributed by atoms with Gasteiger partial charge in [0.1, 0.15) is 0 Å². The minimum atomic E-state index is -0.923. The van der Waals surface area contributed by atoms with Crippen molar-refractivity contribution in [2.45, 2.75) is 72.9 Å². The van der Waals surface area contributed by atoms with Gasteiger partial charge in [0.25, 0.3) is 0 Å². The fourth-order valence-electron chi connectivity index (χ4n) is 4.28. The molecule has 17 heavy (non-hydrogen) atoms. The maximum absolute atomic E-state index is 10.5. The Morgan fingerprint density at radius 2 is 2.06 bits per heavy atom. The quantitative estimate of drug-likeness (QED) is 0.738. The average Bonchev–Trinajstić information content (AvgIpc) is 2.60. The first kappa shape index (κ1) is 14.2. The SMILES string of the molecule is CCCC[Te+](C)C[C@]12CC[C@H](C[C@H]1O)C2(C)C. The number of hydrogen-bond donors (Lipinski definition) is 1. The van der Waals surface area contributed by atoms with Crippen LogP contribution in [0.2, 0.25) is 13.9 Å². The molecule has 2 bridgehead atoms. The molecule has 0 amide bonds. The van der Waals surface area contributed by atoms with Crippen LogP contribution in [0, 0.1) is 16.7 Å². The molecule has 0 aromatic heterocycles. The third-order valence-corrected chi connectivity index (χ3v) is 11.4. The summed E-state index contributed by atoms with van der Waals surface area (Å²) < 4.78 is 2.93. The summed E-state index contributed by atoms with van der Waals surface area (Å²) in [6.07, 6.45) is 6.55. The number of hydrogen-bond acceptors (Lipinski definition) is 1. The molecule has 0 unspecified atom stereocenters. The van der Waals surface area contributed by atoms with Crippen LogP contribution >= 0.6 is 0 Å². The van der Waals surface area contributed by atoms with Gasteiger partial charge in [-0.15, -0.1) is 0 Å². The molecule has 0 aromatic carbocycles. The Kier molecular flexibility index (Phi) is 4.19. The second-order valence-electron chi connectivity index (χ2n) is 6.85. The van der Waals surface area contributed by atoms with Crippen LogP contribution in [0.5, 0.6) is 0 Å². The number of fused-ring (bicyclic) bond motifs is 2. The van der Waals surface area contributed by atoms with E-state index in [-0.39, 0.29) is 6.10 Å². The normalized spacial score (nSPS) is 39.2. The Hall–Kier alpha value is 0.750. The summed E-state index contributed by atoms with van der Waals surface area (Å²) >= 11 is -0.923. The fraction of sp³-hybridized carbons (Fsp3) is 1.00. The minimum absolute atomic E-state index is 0.0150. The van der Waals surface area contributed by atoms with Gasteiger partial charge >= 0.3 is 114 Å². The number of aliphatic hydroxyl groups is 1. The van der Waals surface area contributed by atoms with E-state index in [1.54, 1.807) is 0 Å². The molecule has 0 spiro atoms. The number of rotatable bonds is 5. The van der Waals surface area contributed by atoms with E-state index in [9.17, 15) is 5.11 Å². The third kappa shape index (κ3) is 2.19. The molecule has 2 rings (SSSR count). The molecule has 2 saturated carbocycles. The summed E-state index contributed by atoms with van der Waals surface area (Å²) in [4.78, 5) is 2.56. The molecule has 0 aromatic rings. The summed E-state index contributed by atoms with van der Waals surface area (Å²) in [5.74, 6) is 0.801. The molecule has 2 aliphatic carbocycles. The van der Waals surface area contributed by atoms with Gasteiger partial charge in [0, 0.05) is 0 Å². The van der Waals surface area contributed by atoms with E-state index in [0.717, 1.165) is 12.3 Å². The van der Waals surface area contributed by atoms with Gasteiger partial charge in [0.05, 0.1) is 0 Å². The molecule has 2 aliphatic rings. The van der Waals surface area contributed by atoms with Crippen LogP contribution in [-0.4, -0.2) is 30.8 Å². The van der Waals surface area contributed by atoms with Crippen molar-refractivity contribution in [3.8, 4) is 0 Å². The van der Waals surface area contributed by atoms with Crippen LogP contribution in [0.4, 0.5) is 0 Å². The first-order valence-corrected chi connectivity index (χ1v) is 12.8. The van der Waals surface area contributed by atoms with E-state index in [2.05, 4.69) is 25.7 Å². The van der Waals surface area contributed by atoms with Gasteiger partial charge in [-0.1, -0.05) is 0 Å². The van der Waals surface area contributed by atoms with Crippen molar-refractivity contribution in [2.24, 2.45) is 16.7 Å². The molecule has 3 atom stereocenters. The van der Waals surface area contributed by atoms with Gasteiger partial charge in [-0.25, -0.2) is 0 Å².